The molecule has 0 radical (unpaired) electrons. The molecule has 2 aromatic rings. The van der Waals surface area contributed by atoms with Crippen LogP contribution in [0.5, 0.6) is 0 Å². The Bertz CT molecular complexity index is 796. The van der Waals surface area contributed by atoms with Gasteiger partial charge in [-0.15, -0.1) is 0 Å². The molecule has 1 aliphatic carbocycles. The van der Waals surface area contributed by atoms with E-state index in [1.807, 2.05) is 43.1 Å². The van der Waals surface area contributed by atoms with E-state index in [1.54, 1.807) is 0 Å². The Labute approximate surface area is 161 Å². The van der Waals surface area contributed by atoms with E-state index in [0.29, 0.717) is 12.0 Å². The number of hydrogen-bond donors (Lipinski definition) is 1. The quantitative estimate of drug-likeness (QED) is 0.865. The average Bonchev–Trinajstić information content (AvgIpc) is 3.16. The maximum Gasteiger partial charge on any atom is 0.253 e. The highest BCUT2D eigenvalue weighted by Gasteiger charge is 2.30. The first-order valence-corrected chi connectivity index (χ1v) is 9.71. The monoisotopic (exact) mass is 364 g/mol. The van der Waals surface area contributed by atoms with E-state index in [-0.39, 0.29) is 23.9 Å². The fourth-order valence-electron chi connectivity index (χ4n) is 3.69. The summed E-state index contributed by atoms with van der Waals surface area (Å²) in [4.78, 5) is 26.3. The molecule has 27 heavy (non-hydrogen) atoms. The summed E-state index contributed by atoms with van der Waals surface area (Å²) < 4.78 is 0. The normalized spacial score (nSPS) is 18.9. The standard InChI is InChI=1S/C23H28N2O2/c1-4-22(26)24-20-13-14-21(15-20)25(3)23(27)19-11-9-18(10-12-19)17-7-5-16(2)6-8-17/h5-12,20-21H,4,13-15H2,1-3H3,(H,24,26)/t20-,21+/m0/s1. The van der Waals surface area contributed by atoms with E-state index in [0.717, 1.165) is 30.4 Å². The van der Waals surface area contributed by atoms with E-state index in [2.05, 4.69) is 36.5 Å². The lowest BCUT2D eigenvalue weighted by Crippen LogP contribution is -2.38. The molecule has 1 aliphatic rings. The number of aryl methyl sites for hydroxylation is 1. The molecule has 3 rings (SSSR count). The molecule has 2 atom stereocenters. The molecule has 1 saturated carbocycles. The van der Waals surface area contributed by atoms with Gasteiger partial charge < -0.3 is 10.2 Å². The Morgan fingerprint density at radius 2 is 1.59 bits per heavy atom. The predicted molar refractivity (Wildman–Crippen MR) is 109 cm³/mol. The van der Waals surface area contributed by atoms with Crippen molar-refractivity contribution in [1.82, 2.24) is 10.2 Å². The van der Waals surface area contributed by atoms with E-state index >= 15 is 0 Å². The highest BCUT2D eigenvalue weighted by molar-refractivity contribution is 5.94. The molecular formula is C23H28N2O2. The highest BCUT2D eigenvalue weighted by atomic mass is 16.2. The van der Waals surface area contributed by atoms with Gasteiger partial charge in [0.1, 0.15) is 0 Å². The van der Waals surface area contributed by atoms with Gasteiger partial charge in [-0.05, 0) is 49.4 Å². The largest absolute Gasteiger partial charge is 0.353 e. The maximum absolute atomic E-state index is 12.8. The van der Waals surface area contributed by atoms with Gasteiger partial charge in [0.05, 0.1) is 0 Å². The lowest BCUT2D eigenvalue weighted by atomic mass is 10.0. The molecule has 4 heteroatoms. The summed E-state index contributed by atoms with van der Waals surface area (Å²) >= 11 is 0. The van der Waals surface area contributed by atoms with Crippen molar-refractivity contribution in [1.29, 1.82) is 0 Å². The van der Waals surface area contributed by atoms with Crippen molar-refractivity contribution in [3.63, 3.8) is 0 Å². The van der Waals surface area contributed by atoms with Crippen molar-refractivity contribution < 1.29 is 9.59 Å². The molecule has 0 aliphatic heterocycles. The van der Waals surface area contributed by atoms with Gasteiger partial charge in [-0.25, -0.2) is 0 Å². The van der Waals surface area contributed by atoms with Crippen LogP contribution in [-0.4, -0.2) is 35.8 Å². The Hall–Kier alpha value is -2.62. The van der Waals surface area contributed by atoms with Crippen molar-refractivity contribution in [2.45, 2.75) is 51.6 Å². The minimum atomic E-state index is 0.0397. The summed E-state index contributed by atoms with van der Waals surface area (Å²) in [5.41, 5.74) is 4.20. The minimum absolute atomic E-state index is 0.0397. The van der Waals surface area contributed by atoms with Crippen molar-refractivity contribution in [2.75, 3.05) is 7.05 Å². The summed E-state index contributed by atoms with van der Waals surface area (Å²) in [5.74, 6) is 0.124. The lowest BCUT2D eigenvalue weighted by Gasteiger charge is -2.25. The fraction of sp³-hybridized carbons (Fsp3) is 0.391. The zero-order valence-electron chi connectivity index (χ0n) is 16.4. The van der Waals surface area contributed by atoms with Crippen LogP contribution in [0.1, 0.15) is 48.5 Å². The molecule has 2 aromatic carbocycles. The van der Waals surface area contributed by atoms with Crippen LogP contribution >= 0.6 is 0 Å². The molecular weight excluding hydrogens is 336 g/mol. The summed E-state index contributed by atoms with van der Waals surface area (Å²) in [6.45, 7) is 3.93. The summed E-state index contributed by atoms with van der Waals surface area (Å²) in [5, 5.41) is 3.04. The molecule has 0 unspecified atom stereocenters. The maximum atomic E-state index is 12.8. The molecule has 0 aromatic heterocycles. The topological polar surface area (TPSA) is 49.4 Å². The zero-order valence-corrected chi connectivity index (χ0v) is 16.4. The Balaban J connectivity index is 1.63. The third-order valence-electron chi connectivity index (χ3n) is 5.48. The minimum Gasteiger partial charge on any atom is -0.353 e. The van der Waals surface area contributed by atoms with Gasteiger partial charge in [-0.3, -0.25) is 9.59 Å². The van der Waals surface area contributed by atoms with Gasteiger partial charge in [-0.1, -0.05) is 48.9 Å². The van der Waals surface area contributed by atoms with Crippen molar-refractivity contribution >= 4 is 11.8 Å². The predicted octanol–water partition coefficient (Wildman–Crippen LogP) is 4.18. The molecule has 0 spiro atoms. The van der Waals surface area contributed by atoms with Crippen LogP contribution in [0.3, 0.4) is 0 Å². The van der Waals surface area contributed by atoms with Gasteiger partial charge in [-0.2, -0.15) is 0 Å². The number of amides is 2. The number of benzene rings is 2. The van der Waals surface area contributed by atoms with E-state index in [9.17, 15) is 9.59 Å². The number of nitrogens with zero attached hydrogens (tertiary/aromatic N) is 1. The number of nitrogens with one attached hydrogen (secondary N) is 1. The van der Waals surface area contributed by atoms with Crippen LogP contribution < -0.4 is 5.32 Å². The number of carbonyl (C=O) groups excluding carboxylic acids is 2. The van der Waals surface area contributed by atoms with Crippen LogP contribution in [0.4, 0.5) is 0 Å². The highest BCUT2D eigenvalue weighted by Crippen LogP contribution is 2.26. The SMILES string of the molecule is CCC(=O)N[C@H]1CC[C@@H](N(C)C(=O)c2ccc(-c3ccc(C)cc3)cc2)C1. The van der Waals surface area contributed by atoms with Gasteiger partial charge in [0.25, 0.3) is 5.91 Å². The summed E-state index contributed by atoms with van der Waals surface area (Å²) in [6.07, 6.45) is 3.19. The molecule has 4 nitrogen and oxygen atoms in total. The third kappa shape index (κ3) is 4.57. The van der Waals surface area contributed by atoms with E-state index in [1.165, 1.54) is 5.56 Å². The molecule has 1 fully saturated rings. The molecule has 0 saturated heterocycles. The van der Waals surface area contributed by atoms with E-state index in [4.69, 9.17) is 0 Å². The number of rotatable bonds is 5. The molecule has 0 heterocycles. The van der Waals surface area contributed by atoms with Crippen molar-refractivity contribution in [2.24, 2.45) is 0 Å². The first-order valence-electron chi connectivity index (χ1n) is 9.71. The number of hydrogen-bond acceptors (Lipinski definition) is 2. The second-order valence-corrected chi connectivity index (χ2v) is 7.44. The van der Waals surface area contributed by atoms with Crippen LogP contribution in [-0.2, 0) is 4.79 Å². The Kier molecular flexibility index (Phi) is 5.94. The van der Waals surface area contributed by atoms with Gasteiger partial charge >= 0.3 is 0 Å². The molecule has 0 bridgehead atoms. The second kappa shape index (κ2) is 8.38. The van der Waals surface area contributed by atoms with Crippen LogP contribution in [0.2, 0.25) is 0 Å². The fourth-order valence-corrected chi connectivity index (χ4v) is 3.69. The first kappa shape index (κ1) is 19.2. The van der Waals surface area contributed by atoms with E-state index < -0.39 is 0 Å². The molecule has 2 amide bonds. The Morgan fingerprint density at radius 1 is 1.00 bits per heavy atom. The lowest BCUT2D eigenvalue weighted by molar-refractivity contribution is -0.121. The van der Waals surface area contributed by atoms with Crippen LogP contribution in [0.25, 0.3) is 11.1 Å². The smallest absolute Gasteiger partial charge is 0.253 e. The first-order chi connectivity index (χ1) is 13.0. The van der Waals surface area contributed by atoms with Gasteiger partial charge in [0.15, 0.2) is 0 Å². The Morgan fingerprint density at radius 3 is 2.19 bits per heavy atom. The third-order valence-corrected chi connectivity index (χ3v) is 5.48. The average molecular weight is 364 g/mol. The van der Waals surface area contributed by atoms with Crippen molar-refractivity contribution in [3.8, 4) is 11.1 Å². The van der Waals surface area contributed by atoms with Gasteiger partial charge in [0.2, 0.25) is 5.91 Å². The van der Waals surface area contributed by atoms with Crippen molar-refractivity contribution in [3.05, 3.63) is 59.7 Å². The molecule has 142 valence electrons. The second-order valence-electron chi connectivity index (χ2n) is 7.44. The summed E-state index contributed by atoms with van der Waals surface area (Å²) in [6, 6.07) is 16.6. The zero-order chi connectivity index (χ0) is 19.4. The van der Waals surface area contributed by atoms with Crippen LogP contribution in [0.15, 0.2) is 48.5 Å². The van der Waals surface area contributed by atoms with Crippen LogP contribution in [0, 0.1) is 6.92 Å². The summed E-state index contributed by atoms with van der Waals surface area (Å²) in [7, 11) is 1.87. The van der Waals surface area contributed by atoms with Gasteiger partial charge in [0, 0.05) is 31.1 Å². The molecule has 1 N–H and O–H groups in total. The number of carbonyl (C=O) groups is 2.